The van der Waals surface area contributed by atoms with Crippen LogP contribution in [0.2, 0.25) is 0 Å². The van der Waals surface area contributed by atoms with Crippen LogP contribution in [0.4, 0.5) is 0 Å². The molecule has 8 unspecified atom stereocenters. The molecule has 0 aromatic carbocycles. The number of nitrogens with zero attached hydrogens (tertiary/aromatic N) is 2. The Kier molecular flexibility index (Phi) is 5.35. The number of aliphatic hydroxyl groups excluding tert-OH is 1. The molecule has 0 aliphatic heterocycles. The average Bonchev–Trinajstić information content (AvgIpc) is 3.04. The lowest BCUT2D eigenvalue weighted by Gasteiger charge is -2.65. The number of hydrazone groups is 1. The Morgan fingerprint density at radius 2 is 1.82 bits per heavy atom. The van der Waals surface area contributed by atoms with Gasteiger partial charge in [0, 0.05) is 43.6 Å². The summed E-state index contributed by atoms with van der Waals surface area (Å²) in [4.78, 5) is 11.5. The number of hydrogen-bond acceptors (Lipinski definition) is 7. The number of aliphatic hydroxyl groups is 3. The summed E-state index contributed by atoms with van der Waals surface area (Å²) in [6, 6.07) is 3.33. The number of fused-ring (bicyclic) bond motifs is 5. The molecular formula is C26H38N2O5. The summed E-state index contributed by atoms with van der Waals surface area (Å²) in [5.41, 5.74) is -2.09. The maximum absolute atomic E-state index is 12.4. The standard InChI is InChI=1S/C26H38N2O5/c1-23-10-7-20-21(26(23,32)13-9-19(23)17-4-5-22(30)33-15-17)8-12-25(31)14-18(29)6-11-24(20,25)16-27-28(2)3/h4-5,15-16,18-21,29,31-32H,6-14H2,1-3H3/b27-16+. The van der Waals surface area contributed by atoms with Crippen LogP contribution in [0.5, 0.6) is 0 Å². The molecule has 0 spiro atoms. The van der Waals surface area contributed by atoms with Crippen LogP contribution in [0.1, 0.15) is 76.2 Å². The molecule has 1 aromatic rings. The third kappa shape index (κ3) is 3.18. The first-order valence-corrected chi connectivity index (χ1v) is 12.5. The minimum absolute atomic E-state index is 0.0566. The summed E-state index contributed by atoms with van der Waals surface area (Å²) in [5, 5.41) is 41.1. The first-order chi connectivity index (χ1) is 15.5. The highest BCUT2D eigenvalue weighted by atomic mass is 16.4. The van der Waals surface area contributed by atoms with E-state index in [1.807, 2.05) is 26.4 Å². The summed E-state index contributed by atoms with van der Waals surface area (Å²) < 4.78 is 5.18. The Morgan fingerprint density at radius 3 is 2.52 bits per heavy atom. The molecule has 1 heterocycles. The average molecular weight is 459 g/mol. The topological polar surface area (TPSA) is 106 Å². The molecule has 8 atom stereocenters. The second-order valence-corrected chi connectivity index (χ2v) is 11.7. The molecule has 33 heavy (non-hydrogen) atoms. The minimum Gasteiger partial charge on any atom is -0.431 e. The molecule has 4 aliphatic rings. The molecule has 1 aromatic heterocycles. The summed E-state index contributed by atoms with van der Waals surface area (Å²) in [7, 11) is 3.77. The second-order valence-electron chi connectivity index (χ2n) is 11.7. The first-order valence-electron chi connectivity index (χ1n) is 12.5. The van der Waals surface area contributed by atoms with E-state index < -0.39 is 22.7 Å². The molecule has 7 nitrogen and oxygen atoms in total. The summed E-state index contributed by atoms with van der Waals surface area (Å²) in [5.74, 6) is 0.298. The van der Waals surface area contributed by atoms with Crippen LogP contribution in [0.25, 0.3) is 0 Å². The molecule has 0 saturated heterocycles. The molecule has 7 heteroatoms. The molecular weight excluding hydrogens is 420 g/mol. The van der Waals surface area contributed by atoms with Gasteiger partial charge in [0.1, 0.15) is 0 Å². The van der Waals surface area contributed by atoms with Crippen molar-refractivity contribution in [3.05, 3.63) is 34.4 Å². The van der Waals surface area contributed by atoms with Crippen molar-refractivity contribution in [3.63, 3.8) is 0 Å². The zero-order chi connectivity index (χ0) is 23.6. The highest BCUT2D eigenvalue weighted by Gasteiger charge is 2.70. The third-order valence-corrected chi connectivity index (χ3v) is 10.2. The van der Waals surface area contributed by atoms with Gasteiger partial charge in [-0.2, -0.15) is 5.10 Å². The van der Waals surface area contributed by atoms with Crippen molar-refractivity contribution in [3.8, 4) is 0 Å². The predicted molar refractivity (Wildman–Crippen MR) is 125 cm³/mol. The third-order valence-electron chi connectivity index (χ3n) is 10.2. The zero-order valence-electron chi connectivity index (χ0n) is 20.0. The van der Waals surface area contributed by atoms with Crippen molar-refractivity contribution in [1.82, 2.24) is 5.01 Å². The van der Waals surface area contributed by atoms with Crippen LogP contribution in [0, 0.1) is 22.7 Å². The maximum Gasteiger partial charge on any atom is 0.335 e. The maximum atomic E-state index is 12.4. The van der Waals surface area contributed by atoms with Gasteiger partial charge < -0.3 is 24.7 Å². The van der Waals surface area contributed by atoms with Crippen molar-refractivity contribution >= 4 is 6.21 Å². The lowest BCUT2D eigenvalue weighted by Crippen LogP contribution is -2.68. The van der Waals surface area contributed by atoms with Gasteiger partial charge in [-0.05, 0) is 80.8 Å². The van der Waals surface area contributed by atoms with Crippen LogP contribution >= 0.6 is 0 Å². The van der Waals surface area contributed by atoms with Crippen molar-refractivity contribution in [2.24, 2.45) is 27.8 Å². The van der Waals surface area contributed by atoms with Gasteiger partial charge in [-0.25, -0.2) is 4.79 Å². The van der Waals surface area contributed by atoms with Gasteiger partial charge in [-0.15, -0.1) is 0 Å². The van der Waals surface area contributed by atoms with Gasteiger partial charge in [0.2, 0.25) is 0 Å². The van der Waals surface area contributed by atoms with E-state index >= 15 is 0 Å². The van der Waals surface area contributed by atoms with E-state index in [1.165, 1.54) is 6.07 Å². The predicted octanol–water partition coefficient (Wildman–Crippen LogP) is 2.88. The van der Waals surface area contributed by atoms with Gasteiger partial charge in [-0.1, -0.05) is 6.92 Å². The normalized spacial score (nSPS) is 47.1. The number of rotatable bonds is 3. The first kappa shape index (κ1) is 23.1. The Morgan fingerprint density at radius 1 is 1.06 bits per heavy atom. The molecule has 5 rings (SSSR count). The van der Waals surface area contributed by atoms with E-state index in [0.29, 0.717) is 32.1 Å². The monoisotopic (exact) mass is 458 g/mol. The Bertz CT molecular complexity index is 973. The fraction of sp³-hybridized carbons (Fsp3) is 0.769. The van der Waals surface area contributed by atoms with Crippen molar-refractivity contribution in [2.75, 3.05) is 14.1 Å². The van der Waals surface area contributed by atoms with Crippen LogP contribution < -0.4 is 5.63 Å². The molecule has 3 N–H and O–H groups in total. The van der Waals surface area contributed by atoms with Crippen molar-refractivity contribution in [1.29, 1.82) is 0 Å². The number of hydrogen-bond donors (Lipinski definition) is 3. The van der Waals surface area contributed by atoms with E-state index in [9.17, 15) is 20.1 Å². The van der Waals surface area contributed by atoms with Gasteiger partial charge >= 0.3 is 5.63 Å². The van der Waals surface area contributed by atoms with Gasteiger partial charge in [0.25, 0.3) is 0 Å². The summed E-state index contributed by atoms with van der Waals surface area (Å²) in [6.07, 6.45) is 9.34. The highest BCUT2D eigenvalue weighted by molar-refractivity contribution is 5.69. The summed E-state index contributed by atoms with van der Waals surface area (Å²) in [6.45, 7) is 2.21. The van der Waals surface area contributed by atoms with Crippen LogP contribution in [-0.2, 0) is 0 Å². The molecule has 4 fully saturated rings. The lowest BCUT2D eigenvalue weighted by molar-refractivity contribution is -0.235. The fourth-order valence-electron chi connectivity index (χ4n) is 8.50. The largest absolute Gasteiger partial charge is 0.431 e. The van der Waals surface area contributed by atoms with Gasteiger partial charge in [-0.3, -0.25) is 0 Å². The van der Waals surface area contributed by atoms with Crippen LogP contribution in [0.15, 0.2) is 32.7 Å². The van der Waals surface area contributed by atoms with E-state index in [1.54, 1.807) is 11.3 Å². The van der Waals surface area contributed by atoms with Crippen LogP contribution in [0.3, 0.4) is 0 Å². The van der Waals surface area contributed by atoms with Crippen LogP contribution in [-0.4, -0.2) is 57.9 Å². The quantitative estimate of drug-likeness (QED) is 0.475. The Hall–Kier alpha value is -1.70. The van der Waals surface area contributed by atoms with Crippen molar-refractivity contribution in [2.45, 2.75) is 87.9 Å². The SMILES string of the molecule is CN(C)/N=C/C12CCC(O)CC1(O)CCC1C2CCC2(C)C(c3ccc(=O)oc3)CCC12O. The lowest BCUT2D eigenvalue weighted by atomic mass is 9.41. The van der Waals surface area contributed by atoms with Gasteiger partial charge in [0.15, 0.2) is 0 Å². The Balaban J connectivity index is 1.54. The highest BCUT2D eigenvalue weighted by Crippen LogP contribution is 2.71. The summed E-state index contributed by atoms with van der Waals surface area (Å²) >= 11 is 0. The van der Waals surface area contributed by atoms with Gasteiger partial charge in [0.05, 0.1) is 23.6 Å². The smallest absolute Gasteiger partial charge is 0.335 e. The molecule has 4 saturated carbocycles. The van der Waals surface area contributed by atoms with E-state index in [4.69, 9.17) is 4.42 Å². The fourth-order valence-corrected chi connectivity index (χ4v) is 8.50. The van der Waals surface area contributed by atoms with E-state index in [-0.39, 0.29) is 28.8 Å². The minimum atomic E-state index is -1.00. The molecule has 4 aliphatic carbocycles. The molecule has 0 bridgehead atoms. The Labute approximate surface area is 195 Å². The molecule has 0 radical (unpaired) electrons. The van der Waals surface area contributed by atoms with Crippen molar-refractivity contribution < 1.29 is 19.7 Å². The molecule has 0 amide bonds. The molecule has 182 valence electrons. The van der Waals surface area contributed by atoms with E-state index in [0.717, 1.165) is 31.2 Å². The second kappa shape index (κ2) is 7.65. The van der Waals surface area contributed by atoms with E-state index in [2.05, 4.69) is 12.0 Å². The zero-order valence-corrected chi connectivity index (χ0v) is 20.0.